The first-order chi connectivity index (χ1) is 15.5. The molecule has 1 N–H and O–H groups in total. The van der Waals surface area contributed by atoms with Crippen LogP contribution in [0.15, 0.2) is 78.4 Å². The van der Waals surface area contributed by atoms with Gasteiger partial charge in [0.25, 0.3) is 11.8 Å². The largest absolute Gasteiger partial charge is 0.488 e. The number of barbiturate groups is 1. The van der Waals surface area contributed by atoms with Crippen LogP contribution in [0.2, 0.25) is 0 Å². The van der Waals surface area contributed by atoms with Gasteiger partial charge in [0, 0.05) is 5.56 Å². The van der Waals surface area contributed by atoms with E-state index in [9.17, 15) is 14.4 Å². The van der Waals surface area contributed by atoms with E-state index in [2.05, 4.69) is 5.32 Å². The summed E-state index contributed by atoms with van der Waals surface area (Å²) >= 11 is 0. The van der Waals surface area contributed by atoms with Crippen LogP contribution in [-0.4, -0.2) is 17.8 Å². The van der Waals surface area contributed by atoms with E-state index in [1.165, 1.54) is 6.08 Å². The Bertz CT molecular complexity index is 1230. The molecule has 0 saturated carbocycles. The summed E-state index contributed by atoms with van der Waals surface area (Å²) in [5.41, 5.74) is 3.59. The molecule has 0 aliphatic carbocycles. The SMILES string of the molecule is Cc1cccc(N2C(=O)NC(=O)/C(=C\c3ccccc3OCc3ccccc3)C2=O)c1C. The molecule has 6 heteroatoms. The van der Waals surface area contributed by atoms with Crippen LogP contribution in [0.3, 0.4) is 0 Å². The zero-order chi connectivity index (χ0) is 22.7. The van der Waals surface area contributed by atoms with E-state index in [1.807, 2.05) is 56.3 Å². The lowest BCUT2D eigenvalue weighted by atomic mass is 10.0. The van der Waals surface area contributed by atoms with Crippen LogP contribution in [-0.2, 0) is 16.2 Å². The number of carbonyl (C=O) groups is 3. The molecule has 1 heterocycles. The molecule has 3 aromatic rings. The number of carbonyl (C=O) groups excluding carboxylic acids is 3. The van der Waals surface area contributed by atoms with Crippen molar-refractivity contribution < 1.29 is 19.1 Å². The van der Waals surface area contributed by atoms with Crippen molar-refractivity contribution in [3.63, 3.8) is 0 Å². The highest BCUT2D eigenvalue weighted by atomic mass is 16.5. The number of nitrogens with zero attached hydrogens (tertiary/aromatic N) is 1. The Morgan fingerprint density at radius 3 is 2.38 bits per heavy atom. The second-order valence-electron chi connectivity index (χ2n) is 7.49. The average Bonchev–Trinajstić information content (AvgIpc) is 2.79. The number of imide groups is 2. The Kier molecular flexibility index (Phi) is 5.85. The van der Waals surface area contributed by atoms with Crippen LogP contribution in [0.1, 0.15) is 22.3 Å². The van der Waals surface area contributed by atoms with E-state index >= 15 is 0 Å². The van der Waals surface area contributed by atoms with Gasteiger partial charge in [-0.25, -0.2) is 9.69 Å². The van der Waals surface area contributed by atoms with Gasteiger partial charge in [0.2, 0.25) is 0 Å². The number of ether oxygens (including phenoxy) is 1. The Labute approximate surface area is 186 Å². The number of nitrogens with one attached hydrogen (secondary N) is 1. The number of amides is 4. The monoisotopic (exact) mass is 426 g/mol. The lowest BCUT2D eigenvalue weighted by Gasteiger charge is -2.28. The number of benzene rings is 3. The summed E-state index contributed by atoms with van der Waals surface area (Å²) in [4.78, 5) is 39.3. The van der Waals surface area contributed by atoms with Crippen molar-refractivity contribution in [1.29, 1.82) is 0 Å². The molecule has 4 rings (SSSR count). The average molecular weight is 426 g/mol. The first-order valence-corrected chi connectivity index (χ1v) is 10.2. The zero-order valence-electron chi connectivity index (χ0n) is 17.8. The Hall–Kier alpha value is -4.19. The zero-order valence-corrected chi connectivity index (χ0v) is 17.8. The fourth-order valence-corrected chi connectivity index (χ4v) is 3.48. The summed E-state index contributed by atoms with van der Waals surface area (Å²) in [6.07, 6.45) is 1.46. The molecule has 1 aliphatic heterocycles. The van der Waals surface area contributed by atoms with Crippen LogP contribution < -0.4 is 15.0 Å². The van der Waals surface area contributed by atoms with E-state index in [0.29, 0.717) is 23.6 Å². The van der Waals surface area contributed by atoms with Crippen molar-refractivity contribution in [1.82, 2.24) is 5.32 Å². The van der Waals surface area contributed by atoms with Gasteiger partial charge in [-0.15, -0.1) is 0 Å². The van der Waals surface area contributed by atoms with Crippen LogP contribution in [0.25, 0.3) is 6.08 Å². The standard InChI is InChI=1S/C26H22N2O4/c1-17-9-8-13-22(18(17)2)28-25(30)21(24(29)27-26(28)31)15-20-12-6-7-14-23(20)32-16-19-10-4-3-5-11-19/h3-15H,16H2,1-2H3,(H,27,29,31)/b21-15+. The lowest BCUT2D eigenvalue weighted by molar-refractivity contribution is -0.122. The third-order valence-electron chi connectivity index (χ3n) is 5.37. The molecule has 3 aromatic carbocycles. The maximum atomic E-state index is 13.2. The van der Waals surface area contributed by atoms with Gasteiger partial charge in [-0.1, -0.05) is 60.7 Å². The Balaban J connectivity index is 1.67. The molecule has 0 aromatic heterocycles. The lowest BCUT2D eigenvalue weighted by Crippen LogP contribution is -2.54. The third-order valence-corrected chi connectivity index (χ3v) is 5.37. The first-order valence-electron chi connectivity index (χ1n) is 10.2. The molecule has 0 radical (unpaired) electrons. The van der Waals surface area contributed by atoms with Crippen LogP contribution in [0, 0.1) is 13.8 Å². The molecule has 0 bridgehead atoms. The number of hydrogen-bond donors (Lipinski definition) is 1. The fraction of sp³-hybridized carbons (Fsp3) is 0.115. The molecule has 1 saturated heterocycles. The van der Waals surface area contributed by atoms with E-state index < -0.39 is 17.8 Å². The third kappa shape index (κ3) is 4.16. The fourth-order valence-electron chi connectivity index (χ4n) is 3.48. The Morgan fingerprint density at radius 2 is 1.59 bits per heavy atom. The summed E-state index contributed by atoms with van der Waals surface area (Å²) in [5.74, 6) is -0.885. The summed E-state index contributed by atoms with van der Waals surface area (Å²) in [6.45, 7) is 4.07. The first kappa shape index (κ1) is 21.1. The highest BCUT2D eigenvalue weighted by molar-refractivity contribution is 6.39. The number of aryl methyl sites for hydroxylation is 1. The molecule has 0 atom stereocenters. The molecular formula is C26H22N2O4. The van der Waals surface area contributed by atoms with E-state index in [0.717, 1.165) is 21.6 Å². The molecule has 0 spiro atoms. The quantitative estimate of drug-likeness (QED) is 0.480. The Morgan fingerprint density at radius 1 is 0.875 bits per heavy atom. The van der Waals surface area contributed by atoms with Gasteiger partial charge in [0.15, 0.2) is 0 Å². The molecule has 6 nitrogen and oxygen atoms in total. The molecule has 0 unspecified atom stereocenters. The molecule has 4 amide bonds. The second-order valence-corrected chi connectivity index (χ2v) is 7.49. The molecular weight excluding hydrogens is 404 g/mol. The topological polar surface area (TPSA) is 75.7 Å². The highest BCUT2D eigenvalue weighted by Crippen LogP contribution is 2.28. The summed E-state index contributed by atoms with van der Waals surface area (Å²) < 4.78 is 5.93. The van der Waals surface area contributed by atoms with Crippen LogP contribution >= 0.6 is 0 Å². The van der Waals surface area contributed by atoms with E-state index in [1.54, 1.807) is 30.3 Å². The minimum absolute atomic E-state index is 0.138. The molecule has 1 fully saturated rings. The van der Waals surface area contributed by atoms with Gasteiger partial charge in [-0.3, -0.25) is 14.9 Å². The normalized spacial score (nSPS) is 15.1. The predicted molar refractivity (Wildman–Crippen MR) is 122 cm³/mol. The van der Waals surface area contributed by atoms with Crippen molar-refractivity contribution in [3.8, 4) is 5.75 Å². The van der Waals surface area contributed by atoms with E-state index in [4.69, 9.17) is 4.74 Å². The maximum absolute atomic E-state index is 13.2. The van der Waals surface area contributed by atoms with Gasteiger partial charge < -0.3 is 4.74 Å². The van der Waals surface area contributed by atoms with Gasteiger partial charge in [-0.05, 0) is 48.7 Å². The minimum Gasteiger partial charge on any atom is -0.488 e. The van der Waals surface area contributed by atoms with Gasteiger partial charge in [-0.2, -0.15) is 0 Å². The summed E-state index contributed by atoms with van der Waals surface area (Å²) in [5, 5.41) is 2.27. The van der Waals surface area contributed by atoms with Crippen LogP contribution in [0.4, 0.5) is 10.5 Å². The summed E-state index contributed by atoms with van der Waals surface area (Å²) in [6, 6.07) is 21.4. The molecule has 1 aliphatic rings. The van der Waals surface area contributed by atoms with Gasteiger partial charge in [0.1, 0.15) is 17.9 Å². The van der Waals surface area contributed by atoms with Crippen molar-refractivity contribution in [3.05, 3.63) is 101 Å². The van der Waals surface area contributed by atoms with Crippen LogP contribution in [0.5, 0.6) is 5.75 Å². The smallest absolute Gasteiger partial charge is 0.335 e. The minimum atomic E-state index is -0.764. The number of hydrogen-bond acceptors (Lipinski definition) is 4. The number of anilines is 1. The molecule has 160 valence electrons. The highest BCUT2D eigenvalue weighted by Gasteiger charge is 2.37. The molecule has 32 heavy (non-hydrogen) atoms. The maximum Gasteiger partial charge on any atom is 0.335 e. The number of para-hydroxylation sites is 1. The number of rotatable bonds is 5. The van der Waals surface area contributed by atoms with Crippen molar-refractivity contribution >= 4 is 29.6 Å². The number of urea groups is 1. The van der Waals surface area contributed by atoms with Crippen molar-refractivity contribution in [2.75, 3.05) is 4.90 Å². The summed E-state index contributed by atoms with van der Waals surface area (Å²) in [7, 11) is 0. The van der Waals surface area contributed by atoms with Crippen molar-refractivity contribution in [2.24, 2.45) is 0 Å². The second kappa shape index (κ2) is 8.89. The van der Waals surface area contributed by atoms with E-state index in [-0.39, 0.29) is 5.57 Å². The predicted octanol–water partition coefficient (Wildman–Crippen LogP) is 4.55. The van der Waals surface area contributed by atoms with Gasteiger partial charge in [0.05, 0.1) is 5.69 Å². The van der Waals surface area contributed by atoms with Gasteiger partial charge >= 0.3 is 6.03 Å². The van der Waals surface area contributed by atoms with Crippen molar-refractivity contribution in [2.45, 2.75) is 20.5 Å².